The normalized spacial score (nSPS) is 17.0. The molecule has 0 radical (unpaired) electrons. The van der Waals surface area contributed by atoms with Crippen molar-refractivity contribution in [3.63, 3.8) is 0 Å². The molecule has 0 saturated carbocycles. The highest BCUT2D eigenvalue weighted by Crippen LogP contribution is 2.25. The van der Waals surface area contributed by atoms with Crippen molar-refractivity contribution in [2.24, 2.45) is 11.7 Å². The third-order valence-electron chi connectivity index (χ3n) is 4.14. The Balaban J connectivity index is 2.17. The number of hydrogen-bond acceptors (Lipinski definition) is 4. The number of nitrogens with two attached hydrogens (primary N) is 1. The molecule has 0 unspecified atom stereocenters. The van der Waals surface area contributed by atoms with Crippen LogP contribution in [0.2, 0.25) is 0 Å². The van der Waals surface area contributed by atoms with Gasteiger partial charge in [-0.1, -0.05) is 20.8 Å². The van der Waals surface area contributed by atoms with Crippen LogP contribution in [0.4, 0.5) is 5.82 Å². The van der Waals surface area contributed by atoms with Gasteiger partial charge in [0.1, 0.15) is 5.82 Å². The summed E-state index contributed by atoms with van der Waals surface area (Å²) in [5.74, 6) is 1.74. The standard InChI is InChI=1S/C17H29N3O/c1-17(2,3)15-9-14(11-18)10-16(19-15)20(4)12-13-5-7-21-8-6-13/h9-10,13H,5-8,11-12,18H2,1-4H3. The number of aromatic nitrogens is 1. The zero-order valence-electron chi connectivity index (χ0n) is 13.9. The van der Waals surface area contributed by atoms with Crippen molar-refractivity contribution in [1.29, 1.82) is 0 Å². The van der Waals surface area contributed by atoms with E-state index in [-0.39, 0.29) is 5.41 Å². The molecule has 2 N–H and O–H groups in total. The lowest BCUT2D eigenvalue weighted by Gasteiger charge is -2.29. The molecule has 1 aliphatic rings. The summed E-state index contributed by atoms with van der Waals surface area (Å²) in [4.78, 5) is 7.13. The van der Waals surface area contributed by atoms with E-state index in [0.717, 1.165) is 49.7 Å². The number of nitrogens with zero attached hydrogens (tertiary/aromatic N) is 2. The Kier molecular flexibility index (Phi) is 5.22. The van der Waals surface area contributed by atoms with Gasteiger partial charge in [-0.2, -0.15) is 0 Å². The third-order valence-corrected chi connectivity index (χ3v) is 4.14. The summed E-state index contributed by atoms with van der Waals surface area (Å²) in [5.41, 5.74) is 8.16. The first-order chi connectivity index (χ1) is 9.90. The Labute approximate surface area is 128 Å². The lowest BCUT2D eigenvalue weighted by molar-refractivity contribution is 0.0685. The zero-order valence-corrected chi connectivity index (χ0v) is 13.9. The third kappa shape index (κ3) is 4.42. The van der Waals surface area contributed by atoms with Crippen molar-refractivity contribution in [2.45, 2.75) is 45.6 Å². The van der Waals surface area contributed by atoms with Gasteiger partial charge in [0.2, 0.25) is 0 Å². The maximum atomic E-state index is 5.85. The molecule has 0 aromatic carbocycles. The molecular weight excluding hydrogens is 262 g/mol. The predicted molar refractivity (Wildman–Crippen MR) is 87.6 cm³/mol. The summed E-state index contributed by atoms with van der Waals surface area (Å²) in [6.45, 7) is 9.95. The topological polar surface area (TPSA) is 51.4 Å². The quantitative estimate of drug-likeness (QED) is 0.926. The van der Waals surface area contributed by atoms with Crippen molar-refractivity contribution < 1.29 is 4.74 Å². The van der Waals surface area contributed by atoms with E-state index >= 15 is 0 Å². The molecule has 0 bridgehead atoms. The molecule has 0 aliphatic carbocycles. The highest BCUT2D eigenvalue weighted by molar-refractivity contribution is 5.43. The minimum Gasteiger partial charge on any atom is -0.381 e. The van der Waals surface area contributed by atoms with E-state index in [9.17, 15) is 0 Å². The highest BCUT2D eigenvalue weighted by atomic mass is 16.5. The molecule has 0 spiro atoms. The Bertz CT molecular complexity index is 462. The first-order valence-electron chi connectivity index (χ1n) is 7.90. The van der Waals surface area contributed by atoms with Crippen molar-refractivity contribution >= 4 is 5.82 Å². The van der Waals surface area contributed by atoms with Gasteiger partial charge < -0.3 is 15.4 Å². The number of hydrogen-bond donors (Lipinski definition) is 1. The summed E-state index contributed by atoms with van der Waals surface area (Å²) in [7, 11) is 2.13. The summed E-state index contributed by atoms with van der Waals surface area (Å²) >= 11 is 0. The molecule has 0 amide bonds. The number of rotatable bonds is 4. The highest BCUT2D eigenvalue weighted by Gasteiger charge is 2.20. The van der Waals surface area contributed by atoms with E-state index in [1.54, 1.807) is 0 Å². The largest absolute Gasteiger partial charge is 0.381 e. The Morgan fingerprint density at radius 1 is 1.29 bits per heavy atom. The second-order valence-electron chi connectivity index (χ2n) is 7.11. The van der Waals surface area contributed by atoms with Gasteiger partial charge >= 0.3 is 0 Å². The van der Waals surface area contributed by atoms with E-state index in [4.69, 9.17) is 15.5 Å². The van der Waals surface area contributed by atoms with Gasteiger partial charge in [-0.3, -0.25) is 0 Å². The average molecular weight is 291 g/mol. The molecule has 2 rings (SSSR count). The summed E-state index contributed by atoms with van der Waals surface area (Å²) < 4.78 is 5.44. The Hall–Kier alpha value is -1.13. The monoisotopic (exact) mass is 291 g/mol. The summed E-state index contributed by atoms with van der Waals surface area (Å²) in [5, 5.41) is 0. The molecule has 2 heterocycles. The molecule has 0 atom stereocenters. The first kappa shape index (κ1) is 16.2. The van der Waals surface area contributed by atoms with Crippen molar-refractivity contribution in [1.82, 2.24) is 4.98 Å². The SMILES string of the molecule is CN(CC1CCOCC1)c1cc(CN)cc(C(C)(C)C)n1. The van der Waals surface area contributed by atoms with E-state index in [2.05, 4.69) is 44.9 Å². The van der Waals surface area contributed by atoms with Crippen LogP contribution in [0.1, 0.15) is 44.9 Å². The van der Waals surface area contributed by atoms with Crippen LogP contribution in [0.3, 0.4) is 0 Å². The van der Waals surface area contributed by atoms with Crippen LogP contribution < -0.4 is 10.6 Å². The van der Waals surface area contributed by atoms with Crippen LogP contribution in [-0.4, -0.2) is 31.8 Å². The molecule has 1 saturated heterocycles. The van der Waals surface area contributed by atoms with Crippen molar-refractivity contribution in [3.8, 4) is 0 Å². The second kappa shape index (κ2) is 6.75. The van der Waals surface area contributed by atoms with Gasteiger partial charge in [-0.15, -0.1) is 0 Å². The number of pyridine rings is 1. The maximum absolute atomic E-state index is 5.85. The van der Waals surface area contributed by atoms with E-state index in [1.807, 2.05) is 0 Å². The van der Waals surface area contributed by atoms with Crippen LogP contribution in [-0.2, 0) is 16.7 Å². The fourth-order valence-corrected chi connectivity index (χ4v) is 2.68. The molecule has 1 aliphatic heterocycles. The molecule has 1 aromatic heterocycles. The molecule has 21 heavy (non-hydrogen) atoms. The Morgan fingerprint density at radius 3 is 2.52 bits per heavy atom. The van der Waals surface area contributed by atoms with Crippen LogP contribution >= 0.6 is 0 Å². The first-order valence-corrected chi connectivity index (χ1v) is 7.90. The van der Waals surface area contributed by atoms with Gasteiger partial charge in [-0.25, -0.2) is 4.98 Å². The molecule has 1 fully saturated rings. The predicted octanol–water partition coefficient (Wildman–Crippen LogP) is 2.70. The summed E-state index contributed by atoms with van der Waals surface area (Å²) in [6, 6.07) is 4.25. The fourth-order valence-electron chi connectivity index (χ4n) is 2.68. The van der Waals surface area contributed by atoms with E-state index in [1.165, 1.54) is 0 Å². The van der Waals surface area contributed by atoms with Crippen LogP contribution in [0.25, 0.3) is 0 Å². The van der Waals surface area contributed by atoms with Gasteiger partial charge in [0.15, 0.2) is 0 Å². The smallest absolute Gasteiger partial charge is 0.128 e. The molecular formula is C17H29N3O. The summed E-state index contributed by atoms with van der Waals surface area (Å²) in [6.07, 6.45) is 2.29. The van der Waals surface area contributed by atoms with Crippen molar-refractivity contribution in [3.05, 3.63) is 23.4 Å². The lowest BCUT2D eigenvalue weighted by Crippen LogP contribution is -2.30. The van der Waals surface area contributed by atoms with E-state index < -0.39 is 0 Å². The van der Waals surface area contributed by atoms with Gasteiger partial charge in [-0.05, 0) is 36.5 Å². The molecule has 118 valence electrons. The van der Waals surface area contributed by atoms with Crippen LogP contribution in [0.5, 0.6) is 0 Å². The Morgan fingerprint density at radius 2 is 1.95 bits per heavy atom. The molecule has 1 aromatic rings. The fraction of sp³-hybridized carbons (Fsp3) is 0.706. The number of ether oxygens (including phenoxy) is 1. The minimum atomic E-state index is 0.0411. The van der Waals surface area contributed by atoms with Gasteiger partial charge in [0.05, 0.1) is 0 Å². The molecule has 4 nitrogen and oxygen atoms in total. The maximum Gasteiger partial charge on any atom is 0.128 e. The number of anilines is 1. The van der Waals surface area contributed by atoms with Crippen LogP contribution in [0.15, 0.2) is 12.1 Å². The van der Waals surface area contributed by atoms with Crippen molar-refractivity contribution in [2.75, 3.05) is 31.7 Å². The second-order valence-corrected chi connectivity index (χ2v) is 7.11. The lowest BCUT2D eigenvalue weighted by atomic mass is 9.90. The zero-order chi connectivity index (χ0) is 15.5. The average Bonchev–Trinajstić information content (AvgIpc) is 2.46. The van der Waals surface area contributed by atoms with Gasteiger partial charge in [0.25, 0.3) is 0 Å². The molecule has 4 heteroatoms. The van der Waals surface area contributed by atoms with E-state index in [0.29, 0.717) is 12.5 Å². The van der Waals surface area contributed by atoms with Gasteiger partial charge in [0, 0.05) is 44.5 Å². The van der Waals surface area contributed by atoms with Crippen LogP contribution in [0, 0.1) is 5.92 Å². The minimum absolute atomic E-state index is 0.0411.